The van der Waals surface area contributed by atoms with E-state index in [9.17, 15) is 13.2 Å². The van der Waals surface area contributed by atoms with E-state index in [1.807, 2.05) is 14.0 Å². The van der Waals surface area contributed by atoms with E-state index >= 15 is 0 Å². The predicted molar refractivity (Wildman–Crippen MR) is 87.8 cm³/mol. The van der Waals surface area contributed by atoms with Crippen molar-refractivity contribution in [3.63, 3.8) is 0 Å². The number of sulfonamides is 1. The number of carbonyl (C=O) groups is 1. The first-order valence-electron chi connectivity index (χ1n) is 7.23. The molecule has 0 unspecified atom stereocenters. The van der Waals surface area contributed by atoms with Crippen LogP contribution in [0.4, 0.5) is 0 Å². The lowest BCUT2D eigenvalue weighted by Gasteiger charge is -2.08. The molecule has 0 aliphatic rings. The summed E-state index contributed by atoms with van der Waals surface area (Å²) in [6, 6.07) is 1.80. The average molecular weight is 339 g/mol. The van der Waals surface area contributed by atoms with Gasteiger partial charge >= 0.3 is 0 Å². The molecule has 0 radical (unpaired) electrons. The molecule has 0 aliphatic heterocycles. The Labute approximate surface area is 135 Å². The third-order valence-corrected chi connectivity index (χ3v) is 4.17. The number of rotatable bonds is 6. The predicted octanol–water partition coefficient (Wildman–Crippen LogP) is 0.254. The Morgan fingerprint density at radius 3 is 2.61 bits per heavy atom. The second-order valence-corrected chi connectivity index (χ2v) is 7.31. The van der Waals surface area contributed by atoms with Crippen LogP contribution >= 0.6 is 0 Å². The van der Waals surface area contributed by atoms with Gasteiger partial charge in [0.1, 0.15) is 0 Å². The lowest BCUT2D eigenvalue weighted by molar-refractivity contribution is 0.0952. The maximum Gasteiger partial charge on any atom is 0.253 e. The van der Waals surface area contributed by atoms with Gasteiger partial charge in [0.2, 0.25) is 10.0 Å². The van der Waals surface area contributed by atoms with Gasteiger partial charge in [-0.15, -0.1) is 0 Å². The molecule has 2 aromatic rings. The van der Waals surface area contributed by atoms with Crippen molar-refractivity contribution in [3.05, 3.63) is 23.0 Å². The zero-order chi connectivity index (χ0) is 17.2. The fourth-order valence-corrected chi connectivity index (χ4v) is 2.82. The molecule has 2 rings (SSSR count). The molecule has 0 aromatic carbocycles. The second-order valence-electron chi connectivity index (χ2n) is 5.48. The molecule has 126 valence electrons. The van der Waals surface area contributed by atoms with Gasteiger partial charge in [-0.3, -0.25) is 9.48 Å². The maximum absolute atomic E-state index is 12.3. The highest BCUT2D eigenvalue weighted by atomic mass is 32.2. The maximum atomic E-state index is 12.3. The number of nitrogens with zero attached hydrogens (tertiary/aromatic N) is 3. The van der Waals surface area contributed by atoms with Crippen molar-refractivity contribution >= 4 is 27.0 Å². The van der Waals surface area contributed by atoms with Gasteiger partial charge in [0.25, 0.3) is 5.91 Å². The van der Waals surface area contributed by atoms with Crippen molar-refractivity contribution in [3.8, 4) is 0 Å². The molecule has 1 amide bonds. The molecular weight excluding hydrogens is 318 g/mol. The number of nitrogens with one attached hydrogen (secondary N) is 2. The number of hydrogen-bond acceptors (Lipinski definition) is 5. The minimum absolute atomic E-state index is 0.223. The molecule has 23 heavy (non-hydrogen) atoms. The highest BCUT2D eigenvalue weighted by molar-refractivity contribution is 7.88. The minimum atomic E-state index is -3.19. The number of aryl methyl sites for hydroxylation is 3. The number of aromatic nitrogens is 3. The first kappa shape index (κ1) is 17.4. The van der Waals surface area contributed by atoms with Crippen LogP contribution in [0.15, 0.2) is 6.07 Å². The van der Waals surface area contributed by atoms with Crippen LogP contribution < -0.4 is 10.0 Å². The zero-order valence-electron chi connectivity index (χ0n) is 13.7. The highest BCUT2D eigenvalue weighted by Gasteiger charge is 2.15. The van der Waals surface area contributed by atoms with Crippen molar-refractivity contribution in [1.29, 1.82) is 0 Å². The van der Waals surface area contributed by atoms with Crippen LogP contribution in [-0.4, -0.2) is 48.4 Å². The average Bonchev–Trinajstić information content (AvgIpc) is 2.70. The van der Waals surface area contributed by atoms with E-state index < -0.39 is 10.0 Å². The summed E-state index contributed by atoms with van der Waals surface area (Å²) < 4.78 is 25.9. The van der Waals surface area contributed by atoms with Crippen molar-refractivity contribution in [2.75, 3.05) is 19.3 Å². The summed E-state index contributed by atoms with van der Waals surface area (Å²) in [5, 5.41) is 7.92. The number of amides is 1. The smallest absolute Gasteiger partial charge is 0.253 e. The van der Waals surface area contributed by atoms with Gasteiger partial charge < -0.3 is 5.32 Å². The van der Waals surface area contributed by atoms with Crippen molar-refractivity contribution in [2.24, 2.45) is 7.05 Å². The second kappa shape index (κ2) is 6.63. The summed E-state index contributed by atoms with van der Waals surface area (Å²) in [6.07, 6.45) is 1.62. The normalized spacial score (nSPS) is 11.8. The molecular formula is C14H21N5O3S. The lowest BCUT2D eigenvalue weighted by atomic mass is 10.1. The van der Waals surface area contributed by atoms with Crippen LogP contribution in [0.2, 0.25) is 0 Å². The Morgan fingerprint density at radius 1 is 1.26 bits per heavy atom. The summed E-state index contributed by atoms with van der Waals surface area (Å²) in [6.45, 7) is 4.32. The molecule has 0 fully saturated rings. The van der Waals surface area contributed by atoms with Gasteiger partial charge in [-0.25, -0.2) is 18.1 Å². The Balaban J connectivity index is 2.03. The molecule has 2 heterocycles. The van der Waals surface area contributed by atoms with E-state index in [4.69, 9.17) is 0 Å². The molecule has 0 aliphatic carbocycles. The molecule has 2 aromatic heterocycles. The SMILES string of the molecule is Cc1nc2c(cc1C(=O)NCCCNS(C)(=O)=O)c(C)nn2C. The van der Waals surface area contributed by atoms with Crippen LogP contribution in [0.25, 0.3) is 11.0 Å². The lowest BCUT2D eigenvalue weighted by Crippen LogP contribution is -2.29. The molecule has 0 saturated carbocycles. The van der Waals surface area contributed by atoms with E-state index in [0.717, 1.165) is 23.0 Å². The van der Waals surface area contributed by atoms with Crippen LogP contribution in [0.3, 0.4) is 0 Å². The zero-order valence-corrected chi connectivity index (χ0v) is 14.5. The monoisotopic (exact) mass is 339 g/mol. The van der Waals surface area contributed by atoms with Crippen molar-refractivity contribution in [1.82, 2.24) is 24.8 Å². The number of fused-ring (bicyclic) bond motifs is 1. The Kier molecular flexibility index (Phi) is 5.00. The standard InChI is InChI=1S/C14H21N5O3S/c1-9-12(8-11-10(2)18-19(3)13(11)17-9)14(20)15-6-5-7-16-23(4,21)22/h8,16H,5-7H2,1-4H3,(H,15,20). The Morgan fingerprint density at radius 2 is 1.96 bits per heavy atom. The molecule has 2 N–H and O–H groups in total. The molecule has 0 saturated heterocycles. The van der Waals surface area contributed by atoms with Gasteiger partial charge in [-0.2, -0.15) is 5.10 Å². The van der Waals surface area contributed by atoms with Gasteiger partial charge in [0, 0.05) is 25.5 Å². The van der Waals surface area contributed by atoms with Gasteiger partial charge in [-0.1, -0.05) is 0 Å². The topological polar surface area (TPSA) is 106 Å². The fourth-order valence-electron chi connectivity index (χ4n) is 2.30. The summed E-state index contributed by atoms with van der Waals surface area (Å²) in [5.74, 6) is -0.223. The van der Waals surface area contributed by atoms with Gasteiger partial charge in [0.15, 0.2) is 5.65 Å². The van der Waals surface area contributed by atoms with E-state index in [2.05, 4.69) is 20.1 Å². The van der Waals surface area contributed by atoms with Crippen LogP contribution in [0.5, 0.6) is 0 Å². The Hall–Kier alpha value is -2.00. The first-order valence-corrected chi connectivity index (χ1v) is 9.12. The third kappa shape index (κ3) is 4.26. The summed E-state index contributed by atoms with van der Waals surface area (Å²) in [5.41, 5.74) is 2.70. The minimum Gasteiger partial charge on any atom is -0.352 e. The number of pyridine rings is 1. The Bertz CT molecular complexity index is 842. The van der Waals surface area contributed by atoms with Gasteiger partial charge in [-0.05, 0) is 26.3 Å². The largest absolute Gasteiger partial charge is 0.352 e. The quantitative estimate of drug-likeness (QED) is 0.734. The van der Waals surface area contributed by atoms with Crippen molar-refractivity contribution < 1.29 is 13.2 Å². The van der Waals surface area contributed by atoms with E-state index in [1.54, 1.807) is 17.7 Å². The molecule has 9 heteroatoms. The number of hydrogen-bond donors (Lipinski definition) is 2. The fraction of sp³-hybridized carbons (Fsp3) is 0.500. The summed E-state index contributed by atoms with van der Waals surface area (Å²) in [4.78, 5) is 16.7. The van der Waals surface area contributed by atoms with Crippen LogP contribution in [-0.2, 0) is 17.1 Å². The van der Waals surface area contributed by atoms with E-state index in [1.165, 1.54) is 0 Å². The van der Waals surface area contributed by atoms with E-state index in [-0.39, 0.29) is 12.5 Å². The highest BCUT2D eigenvalue weighted by Crippen LogP contribution is 2.19. The summed E-state index contributed by atoms with van der Waals surface area (Å²) >= 11 is 0. The first-order chi connectivity index (χ1) is 10.7. The molecule has 8 nitrogen and oxygen atoms in total. The van der Waals surface area contributed by atoms with E-state index in [0.29, 0.717) is 24.2 Å². The van der Waals surface area contributed by atoms with Gasteiger partial charge in [0.05, 0.1) is 23.2 Å². The molecule has 0 bridgehead atoms. The summed E-state index contributed by atoms with van der Waals surface area (Å²) in [7, 11) is -1.38. The van der Waals surface area contributed by atoms with Crippen LogP contribution in [0, 0.1) is 13.8 Å². The number of carbonyl (C=O) groups excluding carboxylic acids is 1. The van der Waals surface area contributed by atoms with Crippen molar-refractivity contribution in [2.45, 2.75) is 20.3 Å². The molecule has 0 atom stereocenters. The third-order valence-electron chi connectivity index (χ3n) is 3.44. The van der Waals surface area contributed by atoms with Crippen LogP contribution in [0.1, 0.15) is 28.2 Å². The molecule has 0 spiro atoms.